The fraction of sp³-hybridized carbons (Fsp3) is 0.375. The summed E-state index contributed by atoms with van der Waals surface area (Å²) in [6, 6.07) is 17.0. The fourth-order valence-corrected chi connectivity index (χ4v) is 4.45. The minimum Gasteiger partial charge on any atom is -0.480 e. The number of hydrogen-bond donors (Lipinski definition) is 1. The van der Waals surface area contributed by atoms with Gasteiger partial charge in [-0.25, -0.2) is 0 Å². The lowest BCUT2D eigenvalue weighted by Crippen LogP contribution is -2.44. The first-order chi connectivity index (χ1) is 13.7. The molecule has 5 heteroatoms. The molecule has 0 saturated carbocycles. The summed E-state index contributed by atoms with van der Waals surface area (Å²) in [5, 5.41) is 9.44. The number of rotatable bonds is 5. The molecule has 2 aromatic carbocycles. The summed E-state index contributed by atoms with van der Waals surface area (Å²) in [5.41, 5.74) is 5.32. The molecule has 154 valence electrons. The van der Waals surface area contributed by atoms with Crippen LogP contribution in [0.5, 0.6) is 0 Å². The lowest BCUT2D eigenvalue weighted by Gasteiger charge is -2.32. The Kier molecular flexibility index (Phi) is 7.34. The van der Waals surface area contributed by atoms with Crippen molar-refractivity contribution in [2.75, 3.05) is 24.5 Å². The van der Waals surface area contributed by atoms with Gasteiger partial charge in [0.25, 0.3) is 0 Å². The average molecular weight is 413 g/mol. The second-order valence-electron chi connectivity index (χ2n) is 7.68. The Balaban J connectivity index is 0.00000240. The van der Waals surface area contributed by atoms with Gasteiger partial charge >= 0.3 is 5.97 Å². The van der Waals surface area contributed by atoms with E-state index in [-0.39, 0.29) is 18.4 Å². The molecule has 2 aliphatic heterocycles. The first-order valence-electron chi connectivity index (χ1n) is 10.3. The van der Waals surface area contributed by atoms with E-state index in [1.807, 2.05) is 0 Å². The van der Waals surface area contributed by atoms with Crippen molar-refractivity contribution in [3.05, 3.63) is 71.8 Å². The zero-order chi connectivity index (χ0) is 19.3. The molecule has 29 heavy (non-hydrogen) atoms. The number of carboxylic acids is 1. The van der Waals surface area contributed by atoms with Crippen LogP contribution in [0.25, 0.3) is 0 Å². The molecular formula is C24H29ClN2O2. The van der Waals surface area contributed by atoms with Gasteiger partial charge < -0.3 is 10.0 Å². The SMILES string of the molecule is Cl.O=C(O)C1CCCCN1C/C=C\CN1c2ccccc2CCc2ccccc21. The van der Waals surface area contributed by atoms with E-state index in [0.29, 0.717) is 6.54 Å². The Bertz CT molecular complexity index is 820. The van der Waals surface area contributed by atoms with Gasteiger partial charge in [-0.3, -0.25) is 9.69 Å². The second-order valence-corrected chi connectivity index (χ2v) is 7.68. The predicted molar refractivity (Wildman–Crippen MR) is 121 cm³/mol. The maximum atomic E-state index is 11.5. The zero-order valence-corrected chi connectivity index (χ0v) is 17.5. The van der Waals surface area contributed by atoms with Crippen molar-refractivity contribution >= 4 is 29.8 Å². The van der Waals surface area contributed by atoms with E-state index in [1.165, 1.54) is 22.5 Å². The van der Waals surface area contributed by atoms with Crippen LogP contribution in [0.1, 0.15) is 30.4 Å². The Morgan fingerprint density at radius 1 is 0.931 bits per heavy atom. The highest BCUT2D eigenvalue weighted by molar-refractivity contribution is 5.85. The molecule has 0 aromatic heterocycles. The second kappa shape index (κ2) is 9.95. The van der Waals surface area contributed by atoms with Crippen LogP contribution >= 0.6 is 12.4 Å². The smallest absolute Gasteiger partial charge is 0.320 e. The Morgan fingerprint density at radius 3 is 2.14 bits per heavy atom. The van der Waals surface area contributed by atoms with E-state index in [0.717, 1.165) is 45.2 Å². The molecule has 2 aromatic rings. The molecule has 0 spiro atoms. The van der Waals surface area contributed by atoms with Gasteiger partial charge in [0.05, 0.1) is 0 Å². The number of nitrogens with zero attached hydrogens (tertiary/aromatic N) is 2. The van der Waals surface area contributed by atoms with Gasteiger partial charge in [-0.2, -0.15) is 0 Å². The van der Waals surface area contributed by atoms with E-state index in [1.54, 1.807) is 0 Å². The fourth-order valence-electron chi connectivity index (χ4n) is 4.45. The van der Waals surface area contributed by atoms with Gasteiger partial charge in [-0.15, -0.1) is 12.4 Å². The molecule has 1 atom stereocenters. The average Bonchev–Trinajstić information content (AvgIpc) is 2.88. The van der Waals surface area contributed by atoms with Crippen molar-refractivity contribution in [2.45, 2.75) is 38.1 Å². The molecular weight excluding hydrogens is 384 g/mol. The molecule has 1 N–H and O–H groups in total. The van der Waals surface area contributed by atoms with Gasteiger partial charge in [0.2, 0.25) is 0 Å². The zero-order valence-electron chi connectivity index (χ0n) is 16.7. The van der Waals surface area contributed by atoms with Crippen LogP contribution in [0.3, 0.4) is 0 Å². The van der Waals surface area contributed by atoms with Crippen LogP contribution < -0.4 is 4.90 Å². The molecule has 0 aliphatic carbocycles. The summed E-state index contributed by atoms with van der Waals surface area (Å²) in [4.78, 5) is 16.0. The molecule has 4 rings (SSSR count). The topological polar surface area (TPSA) is 43.8 Å². The van der Waals surface area contributed by atoms with E-state index < -0.39 is 5.97 Å². The van der Waals surface area contributed by atoms with Gasteiger partial charge in [0.15, 0.2) is 0 Å². The van der Waals surface area contributed by atoms with Gasteiger partial charge in [-0.05, 0) is 55.5 Å². The van der Waals surface area contributed by atoms with Gasteiger partial charge in [0.1, 0.15) is 6.04 Å². The summed E-state index contributed by atoms with van der Waals surface area (Å²) in [7, 11) is 0. The van der Waals surface area contributed by atoms with Crippen LogP contribution in [0, 0.1) is 0 Å². The minimum atomic E-state index is -0.691. The number of benzene rings is 2. The maximum absolute atomic E-state index is 11.5. The number of aryl methyl sites for hydroxylation is 2. The van der Waals surface area contributed by atoms with E-state index in [9.17, 15) is 9.90 Å². The molecule has 0 radical (unpaired) electrons. The molecule has 4 nitrogen and oxygen atoms in total. The number of piperidine rings is 1. The van der Waals surface area contributed by atoms with Crippen LogP contribution in [0.4, 0.5) is 11.4 Å². The van der Waals surface area contributed by atoms with E-state index >= 15 is 0 Å². The number of hydrogen-bond acceptors (Lipinski definition) is 3. The number of aliphatic carboxylic acids is 1. The largest absolute Gasteiger partial charge is 0.480 e. The first kappa shape index (κ1) is 21.4. The van der Waals surface area contributed by atoms with Crippen molar-refractivity contribution in [1.29, 1.82) is 0 Å². The van der Waals surface area contributed by atoms with Crippen molar-refractivity contribution in [2.24, 2.45) is 0 Å². The number of halogens is 1. The lowest BCUT2D eigenvalue weighted by atomic mass is 10.0. The number of anilines is 2. The van der Waals surface area contributed by atoms with E-state index in [2.05, 4.69) is 70.5 Å². The maximum Gasteiger partial charge on any atom is 0.320 e. The molecule has 1 unspecified atom stereocenters. The molecule has 1 fully saturated rings. The van der Waals surface area contributed by atoms with Crippen LogP contribution in [-0.4, -0.2) is 41.7 Å². The third-order valence-corrected chi connectivity index (χ3v) is 5.92. The van der Waals surface area contributed by atoms with Crippen LogP contribution in [0.15, 0.2) is 60.7 Å². The highest BCUT2D eigenvalue weighted by atomic mass is 35.5. The minimum absolute atomic E-state index is 0. The third kappa shape index (κ3) is 4.82. The Morgan fingerprint density at radius 2 is 1.52 bits per heavy atom. The number of carboxylic acid groups (broad SMARTS) is 1. The normalized spacial score (nSPS) is 19.2. The third-order valence-electron chi connectivity index (χ3n) is 5.92. The first-order valence-corrected chi connectivity index (χ1v) is 10.3. The molecule has 2 heterocycles. The number of fused-ring (bicyclic) bond motifs is 2. The molecule has 2 aliphatic rings. The van der Waals surface area contributed by atoms with Crippen LogP contribution in [0.2, 0.25) is 0 Å². The van der Waals surface area contributed by atoms with Gasteiger partial charge in [-0.1, -0.05) is 55.0 Å². The molecule has 0 amide bonds. The van der Waals surface area contributed by atoms with Crippen molar-refractivity contribution in [1.82, 2.24) is 4.90 Å². The number of likely N-dealkylation sites (tertiary alicyclic amines) is 1. The highest BCUT2D eigenvalue weighted by Crippen LogP contribution is 2.35. The summed E-state index contributed by atoms with van der Waals surface area (Å²) in [5.74, 6) is -0.691. The van der Waals surface area contributed by atoms with Gasteiger partial charge in [0, 0.05) is 24.5 Å². The molecule has 1 saturated heterocycles. The molecule has 0 bridgehead atoms. The van der Waals surface area contributed by atoms with Crippen molar-refractivity contribution < 1.29 is 9.90 Å². The van der Waals surface area contributed by atoms with Crippen molar-refractivity contribution in [3.8, 4) is 0 Å². The standard InChI is InChI=1S/C24H28N2O2.ClH/c27-24(28)23-13-5-6-16-25(23)17-7-8-18-26-21-11-3-1-9-19(21)14-15-20-10-2-4-12-22(20)26;/h1-4,7-12,23H,5-6,13-18H2,(H,27,28);1H/b8-7-;. The van der Waals surface area contributed by atoms with Crippen LogP contribution in [-0.2, 0) is 17.6 Å². The lowest BCUT2D eigenvalue weighted by molar-refractivity contribution is -0.144. The monoisotopic (exact) mass is 412 g/mol. The summed E-state index contributed by atoms with van der Waals surface area (Å²) in [6.07, 6.45) is 9.30. The number of para-hydroxylation sites is 2. The number of carbonyl (C=O) groups is 1. The summed E-state index contributed by atoms with van der Waals surface area (Å²) < 4.78 is 0. The predicted octanol–water partition coefficient (Wildman–Crippen LogP) is 4.84. The van der Waals surface area contributed by atoms with E-state index in [4.69, 9.17) is 0 Å². The van der Waals surface area contributed by atoms with Crippen molar-refractivity contribution in [3.63, 3.8) is 0 Å². The quantitative estimate of drug-likeness (QED) is 0.713. The summed E-state index contributed by atoms with van der Waals surface area (Å²) in [6.45, 7) is 2.37. The summed E-state index contributed by atoms with van der Waals surface area (Å²) >= 11 is 0. The Labute approximate surface area is 179 Å². The Hall–Kier alpha value is -2.30. The highest BCUT2D eigenvalue weighted by Gasteiger charge is 2.27.